The van der Waals surface area contributed by atoms with E-state index in [9.17, 15) is 0 Å². The van der Waals surface area contributed by atoms with Crippen molar-refractivity contribution >= 4 is 0 Å². The highest BCUT2D eigenvalue weighted by atomic mass is 15.3. The lowest BCUT2D eigenvalue weighted by Crippen LogP contribution is -2.50. The van der Waals surface area contributed by atoms with Crippen LogP contribution in [0.2, 0.25) is 0 Å². The van der Waals surface area contributed by atoms with Crippen LogP contribution in [0.15, 0.2) is 18.5 Å². The summed E-state index contributed by atoms with van der Waals surface area (Å²) in [6, 6.07) is 2.05. The maximum atomic E-state index is 4.51. The molecule has 1 saturated heterocycles. The minimum atomic E-state index is 0.279. The van der Waals surface area contributed by atoms with E-state index in [4.69, 9.17) is 0 Å². The molecule has 4 nitrogen and oxygen atoms in total. The fraction of sp³-hybridized carbons (Fsp3) is 0.769. The van der Waals surface area contributed by atoms with Gasteiger partial charge in [-0.15, -0.1) is 0 Å². The molecular weight excluding hydrogens is 212 g/mol. The van der Waals surface area contributed by atoms with Gasteiger partial charge in [0.2, 0.25) is 0 Å². The molecule has 2 aliphatic rings. The Morgan fingerprint density at radius 3 is 2.59 bits per heavy atom. The molecular formula is C13H22N4. The quantitative estimate of drug-likeness (QED) is 0.849. The molecule has 0 unspecified atom stereocenters. The average Bonchev–Trinajstić information content (AvgIpc) is 3.01. The van der Waals surface area contributed by atoms with Crippen LogP contribution in [0, 0.1) is 0 Å². The molecule has 0 aromatic carbocycles. The predicted octanol–water partition coefficient (Wildman–Crippen LogP) is 1.06. The molecule has 1 aliphatic carbocycles. The third-order valence-corrected chi connectivity index (χ3v) is 4.25. The van der Waals surface area contributed by atoms with Crippen molar-refractivity contribution < 1.29 is 0 Å². The molecule has 17 heavy (non-hydrogen) atoms. The highest BCUT2D eigenvalue weighted by Gasteiger charge is 2.37. The lowest BCUT2D eigenvalue weighted by atomic mass is 9.96. The van der Waals surface area contributed by atoms with Gasteiger partial charge in [-0.3, -0.25) is 9.58 Å². The zero-order chi connectivity index (χ0) is 11.6. The summed E-state index contributed by atoms with van der Waals surface area (Å²) >= 11 is 0. The molecule has 0 amide bonds. The van der Waals surface area contributed by atoms with Gasteiger partial charge >= 0.3 is 0 Å². The van der Waals surface area contributed by atoms with E-state index >= 15 is 0 Å². The molecule has 1 aliphatic heterocycles. The minimum Gasteiger partial charge on any atom is -0.314 e. The molecule has 1 aromatic heterocycles. The first-order chi connectivity index (χ1) is 8.39. The molecule has 3 rings (SSSR count). The van der Waals surface area contributed by atoms with Gasteiger partial charge in [0.1, 0.15) is 0 Å². The van der Waals surface area contributed by atoms with Gasteiger partial charge in [0, 0.05) is 45.1 Å². The van der Waals surface area contributed by atoms with E-state index in [0.29, 0.717) is 0 Å². The van der Waals surface area contributed by atoms with E-state index in [2.05, 4.69) is 32.3 Å². The van der Waals surface area contributed by atoms with Crippen molar-refractivity contribution in [1.82, 2.24) is 20.0 Å². The lowest BCUT2D eigenvalue weighted by molar-refractivity contribution is 0.132. The van der Waals surface area contributed by atoms with Crippen molar-refractivity contribution in [1.29, 1.82) is 0 Å². The van der Waals surface area contributed by atoms with Crippen LogP contribution < -0.4 is 5.32 Å². The van der Waals surface area contributed by atoms with E-state index in [0.717, 1.165) is 13.1 Å². The summed E-state index contributed by atoms with van der Waals surface area (Å²) in [5.41, 5.74) is 0.279. The van der Waals surface area contributed by atoms with Crippen molar-refractivity contribution in [3.05, 3.63) is 18.5 Å². The van der Waals surface area contributed by atoms with Gasteiger partial charge in [0.25, 0.3) is 0 Å². The Kier molecular flexibility index (Phi) is 3.16. The molecule has 0 spiro atoms. The minimum absolute atomic E-state index is 0.279. The summed E-state index contributed by atoms with van der Waals surface area (Å²) in [6.45, 7) is 5.81. The van der Waals surface area contributed by atoms with Gasteiger partial charge < -0.3 is 5.32 Å². The van der Waals surface area contributed by atoms with Crippen molar-refractivity contribution in [3.8, 4) is 0 Å². The van der Waals surface area contributed by atoms with E-state index in [1.807, 2.05) is 6.20 Å². The zero-order valence-corrected chi connectivity index (χ0v) is 10.4. The fourth-order valence-corrected chi connectivity index (χ4v) is 3.33. The second kappa shape index (κ2) is 4.78. The Balaban J connectivity index is 1.75. The highest BCUT2D eigenvalue weighted by molar-refractivity contribution is 4.96. The molecule has 0 bridgehead atoms. The number of nitrogens with one attached hydrogen (secondary N) is 1. The molecule has 0 radical (unpaired) electrons. The smallest absolute Gasteiger partial charge is 0.0753 e. The van der Waals surface area contributed by atoms with Crippen LogP contribution in [0.4, 0.5) is 0 Å². The number of nitrogens with zero attached hydrogens (tertiary/aromatic N) is 3. The normalized spacial score (nSPS) is 25.2. The lowest BCUT2D eigenvalue weighted by Gasteiger charge is -2.37. The second-order valence-corrected chi connectivity index (χ2v) is 5.41. The largest absolute Gasteiger partial charge is 0.314 e. The summed E-state index contributed by atoms with van der Waals surface area (Å²) in [5.74, 6) is 0. The predicted molar refractivity (Wildman–Crippen MR) is 68.0 cm³/mol. The Bertz CT molecular complexity index is 334. The van der Waals surface area contributed by atoms with Crippen molar-refractivity contribution in [2.45, 2.75) is 31.2 Å². The van der Waals surface area contributed by atoms with E-state index < -0.39 is 0 Å². The number of hydrogen-bond acceptors (Lipinski definition) is 3. The van der Waals surface area contributed by atoms with Gasteiger partial charge in [-0.2, -0.15) is 5.10 Å². The van der Waals surface area contributed by atoms with Crippen LogP contribution in [0.5, 0.6) is 0 Å². The van der Waals surface area contributed by atoms with Crippen LogP contribution in [0.1, 0.15) is 25.7 Å². The molecule has 0 atom stereocenters. The fourth-order valence-electron chi connectivity index (χ4n) is 3.33. The van der Waals surface area contributed by atoms with Crippen molar-refractivity contribution in [3.63, 3.8) is 0 Å². The SMILES string of the molecule is c1cnn(C2(CN3CCNCC3)CCCC2)c1. The first-order valence-electron chi connectivity index (χ1n) is 6.82. The van der Waals surface area contributed by atoms with Crippen molar-refractivity contribution in [2.24, 2.45) is 0 Å². The van der Waals surface area contributed by atoms with E-state index in [1.165, 1.54) is 45.3 Å². The molecule has 1 saturated carbocycles. The van der Waals surface area contributed by atoms with E-state index in [1.54, 1.807) is 0 Å². The molecule has 94 valence electrons. The van der Waals surface area contributed by atoms with Crippen LogP contribution in [0.25, 0.3) is 0 Å². The molecule has 1 aromatic rings. The highest BCUT2D eigenvalue weighted by Crippen LogP contribution is 2.36. The van der Waals surface area contributed by atoms with Crippen LogP contribution in [-0.4, -0.2) is 47.4 Å². The third kappa shape index (κ3) is 2.24. The molecule has 2 fully saturated rings. The zero-order valence-electron chi connectivity index (χ0n) is 10.4. The monoisotopic (exact) mass is 234 g/mol. The Hall–Kier alpha value is -0.870. The topological polar surface area (TPSA) is 33.1 Å². The van der Waals surface area contributed by atoms with Gasteiger partial charge in [-0.25, -0.2) is 0 Å². The number of hydrogen-bond donors (Lipinski definition) is 1. The van der Waals surface area contributed by atoms with Crippen LogP contribution in [0.3, 0.4) is 0 Å². The summed E-state index contributed by atoms with van der Waals surface area (Å²) in [4.78, 5) is 2.60. The number of piperazine rings is 1. The number of rotatable bonds is 3. The first kappa shape index (κ1) is 11.2. The second-order valence-electron chi connectivity index (χ2n) is 5.41. The Labute approximate surface area is 103 Å². The third-order valence-electron chi connectivity index (χ3n) is 4.25. The summed E-state index contributed by atoms with van der Waals surface area (Å²) in [5, 5.41) is 7.93. The molecule has 1 N–H and O–H groups in total. The summed E-state index contributed by atoms with van der Waals surface area (Å²) < 4.78 is 2.22. The molecule has 2 heterocycles. The molecule has 4 heteroatoms. The van der Waals surface area contributed by atoms with Gasteiger partial charge in [-0.1, -0.05) is 12.8 Å². The maximum absolute atomic E-state index is 4.51. The Morgan fingerprint density at radius 1 is 1.18 bits per heavy atom. The van der Waals surface area contributed by atoms with E-state index in [-0.39, 0.29) is 5.54 Å². The average molecular weight is 234 g/mol. The summed E-state index contributed by atoms with van der Waals surface area (Å²) in [6.07, 6.45) is 9.35. The first-order valence-corrected chi connectivity index (χ1v) is 6.82. The Morgan fingerprint density at radius 2 is 1.94 bits per heavy atom. The van der Waals surface area contributed by atoms with Crippen molar-refractivity contribution in [2.75, 3.05) is 32.7 Å². The van der Waals surface area contributed by atoms with Crippen LogP contribution >= 0.6 is 0 Å². The van der Waals surface area contributed by atoms with Gasteiger partial charge in [0.05, 0.1) is 5.54 Å². The van der Waals surface area contributed by atoms with Crippen LogP contribution in [-0.2, 0) is 5.54 Å². The summed E-state index contributed by atoms with van der Waals surface area (Å²) in [7, 11) is 0. The van der Waals surface area contributed by atoms with Gasteiger partial charge in [-0.05, 0) is 18.9 Å². The maximum Gasteiger partial charge on any atom is 0.0753 e. The standard InChI is InChI=1S/C13H22N4/c1-2-5-13(4-1,17-9-3-6-15-17)12-16-10-7-14-8-11-16/h3,6,9,14H,1-2,4-5,7-8,10-12H2. The number of aromatic nitrogens is 2. The van der Waals surface area contributed by atoms with Gasteiger partial charge in [0.15, 0.2) is 0 Å².